The molecule has 1 atom stereocenters. The van der Waals surface area contributed by atoms with E-state index < -0.39 is 5.66 Å². The number of rotatable bonds is 5. The minimum absolute atomic E-state index is 0.447. The maximum Gasteiger partial charge on any atom is 0.138 e. The van der Waals surface area contributed by atoms with Crippen molar-refractivity contribution in [3.8, 4) is 33.4 Å². The van der Waals surface area contributed by atoms with Crippen molar-refractivity contribution in [2.45, 2.75) is 12.6 Å². The lowest BCUT2D eigenvalue weighted by atomic mass is 9.85. The minimum Gasteiger partial charge on any atom is -0.357 e. The summed E-state index contributed by atoms with van der Waals surface area (Å²) < 4.78 is 0. The third kappa shape index (κ3) is 4.49. The molecule has 8 aromatic carbocycles. The largest absolute Gasteiger partial charge is 0.357 e. The summed E-state index contributed by atoms with van der Waals surface area (Å²) in [7, 11) is 0. The molecule has 9 rings (SSSR count). The van der Waals surface area contributed by atoms with Gasteiger partial charge in [0.2, 0.25) is 0 Å². The molecule has 1 N–H and O–H groups in total. The van der Waals surface area contributed by atoms with E-state index in [1.165, 1.54) is 66.2 Å². The number of para-hydroxylation sites is 3. The summed E-state index contributed by atoms with van der Waals surface area (Å²) in [5, 5.41) is 8.91. The first kappa shape index (κ1) is 28.1. The summed E-state index contributed by atoms with van der Waals surface area (Å²) in [6.45, 7) is 2.27. The molecule has 1 aliphatic rings. The van der Waals surface area contributed by atoms with Crippen LogP contribution in [0.4, 0.5) is 17.1 Å². The fourth-order valence-electron chi connectivity index (χ4n) is 7.69. The highest BCUT2D eigenvalue weighted by Gasteiger charge is 2.41. The van der Waals surface area contributed by atoms with Crippen molar-refractivity contribution < 1.29 is 0 Å². The molecule has 8 aromatic rings. The molecule has 0 amide bonds. The van der Waals surface area contributed by atoms with Gasteiger partial charge in [-0.3, -0.25) is 0 Å². The van der Waals surface area contributed by atoms with Gasteiger partial charge in [-0.15, -0.1) is 0 Å². The van der Waals surface area contributed by atoms with E-state index >= 15 is 0 Å². The van der Waals surface area contributed by atoms with Crippen LogP contribution in [0.15, 0.2) is 182 Å². The first-order valence-corrected chi connectivity index (χ1v) is 16.6. The van der Waals surface area contributed by atoms with Crippen molar-refractivity contribution in [3.05, 3.63) is 188 Å². The molecule has 228 valence electrons. The molecule has 2 nitrogen and oxygen atoms in total. The Hall–Kier alpha value is -6.12. The first-order valence-electron chi connectivity index (χ1n) is 16.6. The topological polar surface area (TPSA) is 15.3 Å². The average molecular weight is 615 g/mol. The summed E-state index contributed by atoms with van der Waals surface area (Å²) in [6.07, 6.45) is 0. The molecule has 0 bridgehead atoms. The highest BCUT2D eigenvalue weighted by Crippen LogP contribution is 2.50. The van der Waals surface area contributed by atoms with Gasteiger partial charge in [0.1, 0.15) is 5.66 Å². The lowest BCUT2D eigenvalue weighted by molar-refractivity contribution is 0.577. The van der Waals surface area contributed by atoms with Gasteiger partial charge in [0, 0.05) is 5.69 Å². The molecule has 1 heterocycles. The predicted molar refractivity (Wildman–Crippen MR) is 204 cm³/mol. The molecule has 0 saturated heterocycles. The first-order chi connectivity index (χ1) is 23.7. The standard InChI is InChI=1S/C46H34N2/c1-46(47-42-23-13-14-24-43(42)48(46)37-19-9-4-10-20-37)36-28-25-32(26-29-36)35-27-30-40-41(31-35)45(34-17-7-3-8-18-34)39-22-12-11-21-38(39)44(40)33-15-5-2-6-16-33/h2-31,47H,1H3. The van der Waals surface area contributed by atoms with E-state index in [4.69, 9.17) is 0 Å². The van der Waals surface area contributed by atoms with Gasteiger partial charge in [-0.25, -0.2) is 0 Å². The van der Waals surface area contributed by atoms with Crippen molar-refractivity contribution in [2.75, 3.05) is 10.2 Å². The second kappa shape index (κ2) is 11.3. The zero-order valence-corrected chi connectivity index (χ0v) is 26.8. The zero-order valence-electron chi connectivity index (χ0n) is 26.8. The SMILES string of the molecule is CC1(c2ccc(-c3ccc4c(-c5ccccc5)c5ccccc5c(-c5ccccc5)c4c3)cc2)Nc2ccccc2N1c1ccccc1. The molecule has 0 spiro atoms. The van der Waals surface area contributed by atoms with Gasteiger partial charge < -0.3 is 10.2 Å². The van der Waals surface area contributed by atoms with Gasteiger partial charge in [0.25, 0.3) is 0 Å². The molecule has 2 heteroatoms. The number of anilines is 3. The van der Waals surface area contributed by atoms with Crippen molar-refractivity contribution in [1.82, 2.24) is 0 Å². The lowest BCUT2D eigenvalue weighted by Crippen LogP contribution is -2.42. The predicted octanol–water partition coefficient (Wildman–Crippen LogP) is 12.4. The van der Waals surface area contributed by atoms with Crippen LogP contribution in [-0.4, -0.2) is 0 Å². The minimum atomic E-state index is -0.447. The van der Waals surface area contributed by atoms with Crippen LogP contribution in [0.25, 0.3) is 54.9 Å². The van der Waals surface area contributed by atoms with E-state index in [1.54, 1.807) is 0 Å². The molecular formula is C46H34N2. The van der Waals surface area contributed by atoms with Crippen LogP contribution >= 0.6 is 0 Å². The molecule has 1 aliphatic heterocycles. The molecule has 0 aliphatic carbocycles. The number of nitrogens with one attached hydrogen (secondary N) is 1. The van der Waals surface area contributed by atoms with Gasteiger partial charge >= 0.3 is 0 Å². The molecule has 0 radical (unpaired) electrons. The van der Waals surface area contributed by atoms with E-state index in [2.05, 4.69) is 199 Å². The Morgan fingerprint density at radius 2 is 0.917 bits per heavy atom. The number of hydrogen-bond acceptors (Lipinski definition) is 2. The Labute approximate surface area is 281 Å². The van der Waals surface area contributed by atoms with Crippen LogP contribution in [0.2, 0.25) is 0 Å². The summed E-state index contributed by atoms with van der Waals surface area (Å²) in [6, 6.07) is 65.8. The summed E-state index contributed by atoms with van der Waals surface area (Å²) in [5.74, 6) is 0. The molecule has 0 aromatic heterocycles. The van der Waals surface area contributed by atoms with Gasteiger partial charge in [-0.05, 0) is 97.7 Å². The Morgan fingerprint density at radius 1 is 0.417 bits per heavy atom. The van der Waals surface area contributed by atoms with Gasteiger partial charge in [0.15, 0.2) is 0 Å². The maximum atomic E-state index is 3.85. The lowest BCUT2D eigenvalue weighted by Gasteiger charge is -2.37. The number of benzene rings is 8. The zero-order chi connectivity index (χ0) is 32.1. The highest BCUT2D eigenvalue weighted by atomic mass is 15.4. The second-order valence-electron chi connectivity index (χ2n) is 12.8. The van der Waals surface area contributed by atoms with Gasteiger partial charge in [0.05, 0.1) is 11.4 Å². The van der Waals surface area contributed by atoms with E-state index in [-0.39, 0.29) is 0 Å². The fraction of sp³-hybridized carbons (Fsp3) is 0.0435. The van der Waals surface area contributed by atoms with Crippen LogP contribution in [0.3, 0.4) is 0 Å². The number of hydrogen-bond donors (Lipinski definition) is 1. The van der Waals surface area contributed by atoms with E-state index in [9.17, 15) is 0 Å². The van der Waals surface area contributed by atoms with Crippen LogP contribution in [0.1, 0.15) is 12.5 Å². The van der Waals surface area contributed by atoms with Crippen molar-refractivity contribution in [3.63, 3.8) is 0 Å². The second-order valence-corrected chi connectivity index (χ2v) is 12.8. The van der Waals surface area contributed by atoms with Crippen LogP contribution < -0.4 is 10.2 Å². The number of nitrogens with zero attached hydrogens (tertiary/aromatic N) is 1. The Morgan fingerprint density at radius 3 is 1.56 bits per heavy atom. The average Bonchev–Trinajstić information content (AvgIpc) is 3.47. The summed E-state index contributed by atoms with van der Waals surface area (Å²) in [5.41, 5.74) is 11.6. The van der Waals surface area contributed by atoms with Crippen molar-refractivity contribution in [2.24, 2.45) is 0 Å². The van der Waals surface area contributed by atoms with E-state index in [0.717, 1.165) is 11.4 Å². The molecule has 0 fully saturated rings. The smallest absolute Gasteiger partial charge is 0.138 e. The third-order valence-electron chi connectivity index (χ3n) is 9.91. The van der Waals surface area contributed by atoms with Crippen molar-refractivity contribution in [1.29, 1.82) is 0 Å². The molecule has 1 unspecified atom stereocenters. The van der Waals surface area contributed by atoms with Crippen LogP contribution in [0.5, 0.6) is 0 Å². The number of fused-ring (bicyclic) bond motifs is 3. The van der Waals surface area contributed by atoms with Crippen LogP contribution in [0, 0.1) is 0 Å². The Kier molecular flexibility index (Phi) is 6.62. The van der Waals surface area contributed by atoms with Crippen LogP contribution in [-0.2, 0) is 5.66 Å². The molecular weight excluding hydrogens is 581 g/mol. The third-order valence-corrected chi connectivity index (χ3v) is 9.91. The quantitative estimate of drug-likeness (QED) is 0.194. The summed E-state index contributed by atoms with van der Waals surface area (Å²) >= 11 is 0. The van der Waals surface area contributed by atoms with Gasteiger partial charge in [-0.1, -0.05) is 152 Å². The van der Waals surface area contributed by atoms with E-state index in [0.29, 0.717) is 0 Å². The monoisotopic (exact) mass is 614 g/mol. The fourth-order valence-corrected chi connectivity index (χ4v) is 7.69. The van der Waals surface area contributed by atoms with Crippen molar-refractivity contribution >= 4 is 38.6 Å². The van der Waals surface area contributed by atoms with Gasteiger partial charge in [-0.2, -0.15) is 0 Å². The summed E-state index contributed by atoms with van der Waals surface area (Å²) in [4.78, 5) is 2.41. The van der Waals surface area contributed by atoms with E-state index in [1.807, 2.05) is 0 Å². The molecule has 48 heavy (non-hydrogen) atoms. The Balaban J connectivity index is 1.20. The normalized spacial score (nSPS) is 15.4. The maximum absolute atomic E-state index is 3.85. The molecule has 0 saturated carbocycles. The Bertz CT molecular complexity index is 2420. The highest BCUT2D eigenvalue weighted by molar-refractivity contribution is 6.21.